The van der Waals surface area contributed by atoms with Crippen molar-refractivity contribution in [2.75, 3.05) is 0 Å². The number of fused-ring (bicyclic) bond motifs is 9. The topological polar surface area (TPSA) is 65.0 Å². The molecule has 6 heteroatoms. The molecule has 0 saturated carbocycles. The third kappa shape index (κ3) is 5.19. The van der Waals surface area contributed by atoms with Gasteiger partial charge < -0.3 is 8.83 Å². The van der Waals surface area contributed by atoms with Gasteiger partial charge in [-0.15, -0.1) is 11.3 Å². The first-order valence-corrected chi connectivity index (χ1v) is 19.7. The van der Waals surface area contributed by atoms with Crippen LogP contribution in [-0.2, 0) is 0 Å². The molecular weight excluding hydrogens is 719 g/mol. The lowest BCUT2D eigenvalue weighted by Gasteiger charge is -2.11. The molecule has 0 N–H and O–H groups in total. The molecule has 0 radical (unpaired) electrons. The minimum atomic E-state index is 0.600. The van der Waals surface area contributed by atoms with Gasteiger partial charge in [-0.1, -0.05) is 121 Å². The molecule has 266 valence electrons. The highest BCUT2D eigenvalue weighted by atomic mass is 32.1. The van der Waals surface area contributed by atoms with Crippen LogP contribution in [-0.4, -0.2) is 15.0 Å². The molecule has 0 saturated heterocycles. The van der Waals surface area contributed by atoms with Gasteiger partial charge in [-0.05, 0) is 71.3 Å². The Kier molecular flexibility index (Phi) is 7.03. The van der Waals surface area contributed by atoms with Gasteiger partial charge in [0.05, 0.1) is 0 Å². The van der Waals surface area contributed by atoms with Crippen molar-refractivity contribution in [3.05, 3.63) is 176 Å². The number of nitrogens with zero attached hydrogens (tertiary/aromatic N) is 3. The second-order valence-electron chi connectivity index (χ2n) is 14.3. The van der Waals surface area contributed by atoms with Gasteiger partial charge in [0.1, 0.15) is 22.3 Å². The maximum absolute atomic E-state index is 6.70. The summed E-state index contributed by atoms with van der Waals surface area (Å²) in [6.45, 7) is 0. The van der Waals surface area contributed by atoms with Crippen molar-refractivity contribution in [3.63, 3.8) is 0 Å². The molecule has 5 nitrogen and oxygen atoms in total. The van der Waals surface area contributed by atoms with E-state index in [4.69, 9.17) is 23.8 Å². The van der Waals surface area contributed by atoms with Gasteiger partial charge >= 0.3 is 0 Å². The van der Waals surface area contributed by atoms with Crippen LogP contribution < -0.4 is 0 Å². The summed E-state index contributed by atoms with van der Waals surface area (Å²) in [6, 6.07) is 61.0. The fourth-order valence-corrected chi connectivity index (χ4v) is 9.29. The van der Waals surface area contributed by atoms with Gasteiger partial charge in [0.25, 0.3) is 0 Å². The number of hydrogen-bond acceptors (Lipinski definition) is 6. The highest BCUT2D eigenvalue weighted by molar-refractivity contribution is 7.25. The van der Waals surface area contributed by atoms with Crippen LogP contribution in [0.25, 0.3) is 120 Å². The van der Waals surface area contributed by atoms with Crippen LogP contribution in [0.1, 0.15) is 0 Å². The first kappa shape index (κ1) is 31.9. The van der Waals surface area contributed by atoms with Crippen LogP contribution in [0.5, 0.6) is 0 Å². The van der Waals surface area contributed by atoms with Crippen molar-refractivity contribution < 1.29 is 8.83 Å². The number of furan rings is 2. The molecule has 8 aromatic carbocycles. The third-order valence-electron chi connectivity index (χ3n) is 11.0. The van der Waals surface area contributed by atoms with E-state index < -0.39 is 0 Å². The number of benzene rings is 8. The van der Waals surface area contributed by atoms with Crippen molar-refractivity contribution >= 4 is 75.4 Å². The van der Waals surface area contributed by atoms with Gasteiger partial charge in [0.2, 0.25) is 0 Å². The summed E-state index contributed by atoms with van der Waals surface area (Å²) in [6.07, 6.45) is 0. The summed E-state index contributed by atoms with van der Waals surface area (Å²) < 4.78 is 15.4. The maximum Gasteiger partial charge on any atom is 0.164 e. The van der Waals surface area contributed by atoms with E-state index in [2.05, 4.69) is 109 Å². The van der Waals surface area contributed by atoms with Gasteiger partial charge in [-0.2, -0.15) is 0 Å². The Hall–Kier alpha value is -7.41. The molecule has 4 heterocycles. The summed E-state index contributed by atoms with van der Waals surface area (Å²) in [5, 5.41) is 6.87. The largest absolute Gasteiger partial charge is 0.456 e. The molecule has 0 amide bonds. The smallest absolute Gasteiger partial charge is 0.164 e. The minimum Gasteiger partial charge on any atom is -0.456 e. The SMILES string of the molecule is c1ccc(-c2nc(-c3ccc(-c4ccc(-c5ccc6sc7ccccc7c6c5)c5c4oc4ccccc45)cc3)nc(-c3ccc4oc5ccccc5c4c3)n2)cc1. The molecule has 0 aliphatic rings. The van der Waals surface area contributed by atoms with Gasteiger partial charge in [0.15, 0.2) is 17.5 Å². The Morgan fingerprint density at radius 1 is 0.333 bits per heavy atom. The Morgan fingerprint density at radius 2 is 0.877 bits per heavy atom. The zero-order valence-corrected chi connectivity index (χ0v) is 31.1. The number of hydrogen-bond donors (Lipinski definition) is 0. The van der Waals surface area contributed by atoms with Crippen molar-refractivity contribution in [3.8, 4) is 56.4 Å². The summed E-state index contributed by atoms with van der Waals surface area (Å²) in [5.74, 6) is 1.82. The average Bonchev–Trinajstić information content (AvgIpc) is 3.97. The lowest BCUT2D eigenvalue weighted by molar-refractivity contribution is 0.669. The third-order valence-corrected chi connectivity index (χ3v) is 12.1. The number of thiophene rings is 1. The Morgan fingerprint density at radius 3 is 1.68 bits per heavy atom. The molecule has 0 unspecified atom stereocenters. The Bertz CT molecular complexity index is 3530. The average molecular weight is 748 g/mol. The van der Waals surface area contributed by atoms with E-state index in [-0.39, 0.29) is 0 Å². The summed E-state index contributed by atoms with van der Waals surface area (Å²) >= 11 is 1.84. The predicted octanol–water partition coefficient (Wildman–Crippen LogP) is 14.4. The van der Waals surface area contributed by atoms with Crippen LogP contribution >= 0.6 is 11.3 Å². The molecule has 0 fully saturated rings. The van der Waals surface area contributed by atoms with Gasteiger partial charge in [-0.3, -0.25) is 0 Å². The standard InChI is InChI=1S/C51H29N3O2S/c1-2-10-31(11-3-1)49-52-50(54-51(53-49)34-22-26-44-40(29-34)37-12-4-7-15-42(37)55-44)32-20-18-30(19-21-32)36-25-24-35(47-39-14-5-8-16-43(39)56-48(36)47)33-23-27-46-41(28-33)38-13-6-9-17-45(38)57-46/h1-29H. The molecule has 0 atom stereocenters. The van der Waals surface area contributed by atoms with Gasteiger partial charge in [0, 0.05) is 64.0 Å². The number of para-hydroxylation sites is 2. The summed E-state index contributed by atoms with van der Waals surface area (Å²) in [7, 11) is 0. The van der Waals surface area contributed by atoms with Gasteiger partial charge in [-0.25, -0.2) is 15.0 Å². The van der Waals surface area contributed by atoms with Crippen molar-refractivity contribution in [1.82, 2.24) is 15.0 Å². The van der Waals surface area contributed by atoms with Crippen LogP contribution in [0.15, 0.2) is 185 Å². The Labute approximate surface area is 330 Å². The van der Waals surface area contributed by atoms with Crippen LogP contribution in [0.2, 0.25) is 0 Å². The number of rotatable bonds is 5. The van der Waals surface area contributed by atoms with E-state index in [1.54, 1.807) is 0 Å². The van der Waals surface area contributed by atoms with Crippen LogP contribution in [0.3, 0.4) is 0 Å². The van der Waals surface area contributed by atoms with Crippen LogP contribution in [0.4, 0.5) is 0 Å². The molecule has 4 aromatic heterocycles. The zero-order chi connectivity index (χ0) is 37.5. The first-order chi connectivity index (χ1) is 28.2. The van der Waals surface area contributed by atoms with E-state index in [1.807, 2.05) is 78.1 Å². The second kappa shape index (κ2) is 12.6. The fourth-order valence-electron chi connectivity index (χ4n) is 8.20. The molecule has 12 aromatic rings. The molecule has 0 aliphatic heterocycles. The van der Waals surface area contributed by atoms with E-state index in [0.717, 1.165) is 77.3 Å². The minimum absolute atomic E-state index is 0.600. The lowest BCUT2D eigenvalue weighted by Crippen LogP contribution is -2.00. The Balaban J connectivity index is 0.978. The van der Waals surface area contributed by atoms with E-state index in [0.29, 0.717) is 17.5 Å². The summed E-state index contributed by atoms with van der Waals surface area (Å²) in [4.78, 5) is 15.1. The van der Waals surface area contributed by atoms with Crippen molar-refractivity contribution in [2.24, 2.45) is 0 Å². The monoisotopic (exact) mass is 747 g/mol. The normalized spacial score (nSPS) is 11.9. The zero-order valence-electron chi connectivity index (χ0n) is 30.3. The van der Waals surface area contributed by atoms with E-state index in [9.17, 15) is 0 Å². The second-order valence-corrected chi connectivity index (χ2v) is 15.4. The highest BCUT2D eigenvalue weighted by Gasteiger charge is 2.19. The first-order valence-electron chi connectivity index (χ1n) is 18.9. The molecular formula is C51H29N3O2S. The molecule has 12 rings (SSSR count). The van der Waals surface area contributed by atoms with E-state index >= 15 is 0 Å². The van der Waals surface area contributed by atoms with Crippen molar-refractivity contribution in [1.29, 1.82) is 0 Å². The quantitative estimate of drug-likeness (QED) is 0.175. The lowest BCUT2D eigenvalue weighted by atomic mass is 9.93. The molecule has 57 heavy (non-hydrogen) atoms. The molecule has 0 bridgehead atoms. The molecule has 0 spiro atoms. The maximum atomic E-state index is 6.70. The fraction of sp³-hybridized carbons (Fsp3) is 0. The van der Waals surface area contributed by atoms with Crippen molar-refractivity contribution in [2.45, 2.75) is 0 Å². The number of aromatic nitrogens is 3. The van der Waals surface area contributed by atoms with Crippen LogP contribution in [0, 0.1) is 0 Å². The van der Waals surface area contributed by atoms with E-state index in [1.165, 1.54) is 25.7 Å². The molecule has 0 aliphatic carbocycles. The predicted molar refractivity (Wildman–Crippen MR) is 234 cm³/mol. The summed E-state index contributed by atoms with van der Waals surface area (Å²) in [5.41, 5.74) is 10.5. The highest BCUT2D eigenvalue weighted by Crippen LogP contribution is 2.44.